The summed E-state index contributed by atoms with van der Waals surface area (Å²) in [5.74, 6) is 1.44. The number of fused-ring (bicyclic) bond motifs is 1. The highest BCUT2D eigenvalue weighted by atomic mass is 35.5. The van der Waals surface area contributed by atoms with Crippen molar-refractivity contribution >= 4 is 40.6 Å². The van der Waals surface area contributed by atoms with Crippen LogP contribution in [0.2, 0.25) is 10.0 Å². The van der Waals surface area contributed by atoms with Crippen molar-refractivity contribution in [1.82, 2.24) is 25.7 Å². The Kier molecular flexibility index (Phi) is 7.75. The number of nitrogens with zero attached hydrogens (tertiary/aromatic N) is 4. The van der Waals surface area contributed by atoms with E-state index in [1.165, 1.54) is 17.5 Å². The summed E-state index contributed by atoms with van der Waals surface area (Å²) in [5.41, 5.74) is 10.3. The van der Waals surface area contributed by atoms with Crippen LogP contribution in [-0.4, -0.2) is 59.6 Å². The Bertz CT molecular complexity index is 1030. The molecule has 6 atom stereocenters. The zero-order valence-electron chi connectivity index (χ0n) is 20.3. The predicted octanol–water partition coefficient (Wildman–Crippen LogP) is 4.74. The molecule has 2 aromatic heterocycles. The van der Waals surface area contributed by atoms with E-state index in [1.807, 2.05) is 13.1 Å². The molecule has 0 aromatic carbocycles. The number of hydrogen-bond donors (Lipinski definition) is 2. The van der Waals surface area contributed by atoms with Crippen LogP contribution in [0.1, 0.15) is 55.0 Å². The van der Waals surface area contributed by atoms with Gasteiger partial charge in [-0.15, -0.1) is 11.6 Å². The first kappa shape index (κ1) is 25.5. The quantitative estimate of drug-likeness (QED) is 0.493. The molecule has 0 amide bonds. The lowest BCUT2D eigenvalue weighted by Crippen LogP contribution is -2.44. The average Bonchev–Trinajstić information content (AvgIpc) is 3.16. The highest BCUT2D eigenvalue weighted by Gasteiger charge is 2.45. The van der Waals surface area contributed by atoms with Crippen molar-refractivity contribution < 1.29 is 4.74 Å². The predicted molar refractivity (Wildman–Crippen MR) is 141 cm³/mol. The maximum atomic E-state index is 6.82. The smallest absolute Gasteiger partial charge is 0.133 e. The van der Waals surface area contributed by atoms with Gasteiger partial charge in [-0.25, -0.2) is 10.4 Å². The van der Waals surface area contributed by atoms with Gasteiger partial charge >= 0.3 is 0 Å². The van der Waals surface area contributed by atoms with Crippen molar-refractivity contribution in [3.63, 3.8) is 0 Å². The van der Waals surface area contributed by atoms with Crippen LogP contribution in [0.5, 0.6) is 0 Å². The molecule has 3 aliphatic rings. The second-order valence-corrected chi connectivity index (χ2v) is 11.6. The van der Waals surface area contributed by atoms with Gasteiger partial charge in [0.15, 0.2) is 0 Å². The van der Waals surface area contributed by atoms with Crippen LogP contribution in [0.3, 0.4) is 0 Å². The van der Waals surface area contributed by atoms with Crippen molar-refractivity contribution in [2.45, 2.75) is 62.4 Å². The van der Waals surface area contributed by atoms with Gasteiger partial charge in [0.25, 0.3) is 0 Å². The summed E-state index contributed by atoms with van der Waals surface area (Å²) >= 11 is 19.6. The number of pyridine rings is 2. The summed E-state index contributed by atoms with van der Waals surface area (Å²) in [7, 11) is 4.20. The van der Waals surface area contributed by atoms with E-state index in [2.05, 4.69) is 45.8 Å². The molecule has 2 aliphatic heterocycles. The monoisotopic (exact) mass is 538 g/mol. The van der Waals surface area contributed by atoms with Gasteiger partial charge in [-0.3, -0.25) is 10.4 Å². The maximum absolute atomic E-state index is 6.82. The Morgan fingerprint density at radius 1 is 1.14 bits per heavy atom. The van der Waals surface area contributed by atoms with Crippen LogP contribution in [0.4, 0.5) is 5.82 Å². The molecule has 4 heterocycles. The molecule has 0 spiro atoms. The number of aromatic nitrogens is 2. The van der Waals surface area contributed by atoms with E-state index in [4.69, 9.17) is 44.5 Å². The van der Waals surface area contributed by atoms with Crippen LogP contribution in [0.15, 0.2) is 24.7 Å². The SMILES string of the molecule is C[C@@H](OC1CC2C(CC1Cl)NNC2c1cnc(N2CCC2)c(CN(C)C)c1)c1c(Cl)cncc1Cl. The molecule has 7 nitrogen and oxygen atoms in total. The van der Waals surface area contributed by atoms with E-state index < -0.39 is 0 Å². The van der Waals surface area contributed by atoms with Gasteiger partial charge in [0, 0.05) is 55.4 Å². The minimum absolute atomic E-state index is 0.109. The summed E-state index contributed by atoms with van der Waals surface area (Å²) in [6.45, 7) is 5.00. The first-order valence-corrected chi connectivity index (χ1v) is 13.5. The fourth-order valence-corrected chi connectivity index (χ4v) is 6.59. The van der Waals surface area contributed by atoms with Crippen molar-refractivity contribution in [2.24, 2.45) is 5.92 Å². The number of nitrogens with one attached hydrogen (secondary N) is 2. The Morgan fingerprint density at radius 2 is 1.89 bits per heavy atom. The molecule has 0 bridgehead atoms. The van der Waals surface area contributed by atoms with Gasteiger partial charge in [-0.2, -0.15) is 0 Å². The van der Waals surface area contributed by atoms with Crippen LogP contribution in [0.25, 0.3) is 0 Å². The standard InChI is InChI=1S/C25H33Cl3N6O/c1-14(23-19(27)11-29-12-20(23)28)35-22-8-17-21(9-18(22)26)31-32-24(17)15-7-16(13-33(2)3)25(30-10-15)34-5-4-6-34/h7,10-12,14,17-18,21-22,24,31-32H,4-6,8-9,13H2,1-3H3/t14-,17?,18?,21?,22?,24?/m1/s1. The lowest BCUT2D eigenvalue weighted by Gasteiger charge is -2.38. The third-order valence-corrected chi connectivity index (χ3v) is 8.46. The molecule has 5 rings (SSSR count). The van der Waals surface area contributed by atoms with E-state index in [9.17, 15) is 0 Å². The van der Waals surface area contributed by atoms with Crippen LogP contribution in [-0.2, 0) is 11.3 Å². The molecule has 10 heteroatoms. The summed E-state index contributed by atoms with van der Waals surface area (Å²) < 4.78 is 6.48. The summed E-state index contributed by atoms with van der Waals surface area (Å²) in [4.78, 5) is 13.5. The lowest BCUT2D eigenvalue weighted by molar-refractivity contribution is -0.0343. The van der Waals surface area contributed by atoms with Gasteiger partial charge in [0.1, 0.15) is 5.82 Å². The van der Waals surface area contributed by atoms with E-state index in [0.29, 0.717) is 16.0 Å². The third-order valence-electron chi connectivity index (χ3n) is 7.40. The molecule has 5 unspecified atom stereocenters. The fraction of sp³-hybridized carbons (Fsp3) is 0.600. The summed E-state index contributed by atoms with van der Waals surface area (Å²) in [5, 5.41) is 0.907. The van der Waals surface area contributed by atoms with Crippen molar-refractivity contribution in [3.8, 4) is 0 Å². The van der Waals surface area contributed by atoms with E-state index in [0.717, 1.165) is 43.9 Å². The number of ether oxygens (including phenoxy) is 1. The molecule has 35 heavy (non-hydrogen) atoms. The van der Waals surface area contributed by atoms with Gasteiger partial charge < -0.3 is 14.5 Å². The fourth-order valence-electron chi connectivity index (χ4n) is 5.56. The zero-order valence-corrected chi connectivity index (χ0v) is 22.6. The molecular formula is C25H33Cl3N6O. The highest BCUT2D eigenvalue weighted by Crippen LogP contribution is 2.43. The number of alkyl halides is 1. The topological polar surface area (TPSA) is 65.6 Å². The van der Waals surface area contributed by atoms with E-state index in [-0.39, 0.29) is 29.7 Å². The van der Waals surface area contributed by atoms with Crippen LogP contribution in [0, 0.1) is 5.92 Å². The molecule has 190 valence electrons. The average molecular weight is 540 g/mol. The molecular weight excluding hydrogens is 507 g/mol. The number of rotatable bonds is 7. The third kappa shape index (κ3) is 5.28. The molecule has 1 saturated carbocycles. The normalized spacial score (nSPS) is 29.2. The molecule has 1 aliphatic carbocycles. The van der Waals surface area contributed by atoms with Gasteiger partial charge in [-0.05, 0) is 57.8 Å². The maximum Gasteiger partial charge on any atom is 0.133 e. The van der Waals surface area contributed by atoms with Gasteiger partial charge in [0.2, 0.25) is 0 Å². The van der Waals surface area contributed by atoms with E-state index in [1.54, 1.807) is 12.4 Å². The lowest BCUT2D eigenvalue weighted by atomic mass is 9.78. The molecule has 2 aromatic rings. The zero-order chi connectivity index (χ0) is 24.7. The first-order valence-electron chi connectivity index (χ1n) is 12.3. The number of anilines is 1. The Balaban J connectivity index is 1.35. The first-order chi connectivity index (χ1) is 16.8. The second-order valence-electron chi connectivity index (χ2n) is 10.2. The Hall–Kier alpha value is -1.19. The summed E-state index contributed by atoms with van der Waals surface area (Å²) in [6, 6.07) is 2.74. The molecule has 2 N–H and O–H groups in total. The molecule has 3 fully saturated rings. The Labute approximate surface area is 222 Å². The van der Waals surface area contributed by atoms with Crippen molar-refractivity contribution in [3.05, 3.63) is 51.4 Å². The summed E-state index contributed by atoms with van der Waals surface area (Å²) in [6.07, 6.45) is 7.70. The highest BCUT2D eigenvalue weighted by molar-refractivity contribution is 6.35. The molecule has 2 saturated heterocycles. The van der Waals surface area contributed by atoms with Gasteiger partial charge in [-0.1, -0.05) is 23.2 Å². The Morgan fingerprint density at radius 3 is 2.54 bits per heavy atom. The number of hydrogen-bond acceptors (Lipinski definition) is 7. The minimum atomic E-state index is -0.286. The second kappa shape index (κ2) is 10.7. The molecule has 0 radical (unpaired) electrons. The largest absolute Gasteiger partial charge is 0.369 e. The van der Waals surface area contributed by atoms with Gasteiger partial charge in [0.05, 0.1) is 33.7 Å². The van der Waals surface area contributed by atoms with Crippen molar-refractivity contribution in [1.29, 1.82) is 0 Å². The number of halogens is 3. The minimum Gasteiger partial charge on any atom is -0.369 e. The van der Waals surface area contributed by atoms with Crippen molar-refractivity contribution in [2.75, 3.05) is 32.1 Å². The van der Waals surface area contributed by atoms with Crippen LogP contribution < -0.4 is 15.8 Å². The number of hydrazine groups is 1. The van der Waals surface area contributed by atoms with Crippen LogP contribution >= 0.6 is 34.8 Å². The van der Waals surface area contributed by atoms with E-state index >= 15 is 0 Å².